The molecule has 2 aliphatic rings. The number of rotatable bonds is 2. The van der Waals surface area contributed by atoms with Gasteiger partial charge in [0.15, 0.2) is 11.4 Å². The van der Waals surface area contributed by atoms with E-state index in [1.165, 1.54) is 47.0 Å². The van der Waals surface area contributed by atoms with Crippen molar-refractivity contribution in [3.8, 4) is 5.75 Å². The molecule has 1 atom stereocenters. The van der Waals surface area contributed by atoms with Gasteiger partial charge in [0.1, 0.15) is 5.82 Å². The molecule has 0 bridgehead atoms. The van der Waals surface area contributed by atoms with Crippen LogP contribution in [-0.4, -0.2) is 69.3 Å². The molecule has 186 valence electrons. The lowest BCUT2D eigenvalue weighted by Crippen LogP contribution is -2.45. The van der Waals surface area contributed by atoms with Crippen LogP contribution in [0.3, 0.4) is 0 Å². The smallest absolute Gasteiger partial charge is 0.312 e. The highest BCUT2D eigenvalue weighted by Crippen LogP contribution is 2.32. The van der Waals surface area contributed by atoms with Crippen molar-refractivity contribution in [2.75, 3.05) is 27.2 Å². The molecule has 1 N–H and O–H groups in total. The maximum Gasteiger partial charge on any atom is 0.312 e. The van der Waals surface area contributed by atoms with Crippen molar-refractivity contribution >= 4 is 29.3 Å². The van der Waals surface area contributed by atoms with E-state index in [1.54, 1.807) is 4.57 Å². The van der Waals surface area contributed by atoms with Crippen LogP contribution in [0.25, 0.3) is 0 Å². The molecule has 0 spiro atoms. The molecule has 0 saturated carbocycles. The molecule has 0 radical (unpaired) electrons. The van der Waals surface area contributed by atoms with Crippen molar-refractivity contribution in [3.05, 3.63) is 61.8 Å². The molecule has 1 unspecified atom stereocenters. The molecule has 9 nitrogen and oxygen atoms in total. The van der Waals surface area contributed by atoms with Gasteiger partial charge in [0.2, 0.25) is 5.43 Å². The van der Waals surface area contributed by atoms with Crippen LogP contribution in [0.4, 0.5) is 4.39 Å². The number of aromatic nitrogens is 1. The SMILES string of the molecule is CC1CCN(C(=O)C(=O)N(C)C)Cc2c1c(=O)c(O)c1n2CCN(Cc2ccc(F)c(Cl)c2)C1=O. The molecule has 3 heterocycles. The standard InChI is InChI=1S/C24H26ClFN4O5/c1-13-6-7-28(24(35)23(34)27(2)3)12-17-18(13)20(31)21(32)19-22(33)29(8-9-30(17)19)11-14-4-5-16(26)15(25)10-14/h4-5,10,13,32H,6-9,11-12H2,1-3H3. The molecule has 0 fully saturated rings. The predicted molar refractivity (Wildman–Crippen MR) is 126 cm³/mol. The number of amides is 3. The van der Waals surface area contributed by atoms with Crippen LogP contribution >= 0.6 is 11.6 Å². The Balaban J connectivity index is 1.74. The lowest BCUT2D eigenvalue weighted by Gasteiger charge is -2.33. The number of benzene rings is 1. The molecule has 3 amide bonds. The summed E-state index contributed by atoms with van der Waals surface area (Å²) in [5.41, 5.74) is 0.596. The summed E-state index contributed by atoms with van der Waals surface area (Å²) in [5, 5.41) is 10.7. The number of hydrogen-bond donors (Lipinski definition) is 1. The number of fused-ring (bicyclic) bond motifs is 3. The molecule has 1 aromatic heterocycles. The Morgan fingerprint density at radius 2 is 1.91 bits per heavy atom. The highest BCUT2D eigenvalue weighted by atomic mass is 35.5. The first-order chi connectivity index (χ1) is 16.5. The van der Waals surface area contributed by atoms with Crippen molar-refractivity contribution in [1.82, 2.24) is 19.3 Å². The van der Waals surface area contributed by atoms with Crippen LogP contribution in [0, 0.1) is 5.82 Å². The van der Waals surface area contributed by atoms with Crippen LogP contribution < -0.4 is 5.43 Å². The Hall–Kier alpha value is -3.40. The molecule has 2 aromatic rings. The molecule has 11 heteroatoms. The van der Waals surface area contributed by atoms with Crippen molar-refractivity contribution in [1.29, 1.82) is 0 Å². The molecule has 4 rings (SSSR count). The van der Waals surface area contributed by atoms with Gasteiger partial charge in [0.05, 0.1) is 11.6 Å². The summed E-state index contributed by atoms with van der Waals surface area (Å²) in [6.07, 6.45) is 0.429. The van der Waals surface area contributed by atoms with E-state index >= 15 is 0 Å². The minimum atomic E-state index is -0.693. The first-order valence-electron chi connectivity index (χ1n) is 11.2. The van der Waals surface area contributed by atoms with E-state index in [4.69, 9.17) is 11.6 Å². The topological polar surface area (TPSA) is 103 Å². The van der Waals surface area contributed by atoms with Gasteiger partial charge in [-0.25, -0.2) is 4.39 Å². The molecule has 2 aliphatic heterocycles. The Bertz CT molecular complexity index is 1290. The van der Waals surface area contributed by atoms with E-state index in [9.17, 15) is 28.7 Å². The zero-order chi connectivity index (χ0) is 25.6. The number of pyridine rings is 1. The van der Waals surface area contributed by atoms with Gasteiger partial charge in [0, 0.05) is 51.5 Å². The third kappa shape index (κ3) is 4.38. The number of carbonyl (C=O) groups excluding carboxylic acids is 3. The van der Waals surface area contributed by atoms with Crippen molar-refractivity contribution in [2.45, 2.75) is 38.9 Å². The first-order valence-corrected chi connectivity index (χ1v) is 11.6. The molecular formula is C24H26ClFN4O5. The highest BCUT2D eigenvalue weighted by Gasteiger charge is 2.37. The first kappa shape index (κ1) is 24.7. The van der Waals surface area contributed by atoms with Crippen LogP contribution in [0.5, 0.6) is 5.75 Å². The molecular weight excluding hydrogens is 479 g/mol. The van der Waals surface area contributed by atoms with Crippen LogP contribution in [0.2, 0.25) is 5.02 Å². The largest absolute Gasteiger partial charge is 0.503 e. The summed E-state index contributed by atoms with van der Waals surface area (Å²) in [4.78, 5) is 55.7. The Kier molecular flexibility index (Phi) is 6.59. The highest BCUT2D eigenvalue weighted by molar-refractivity contribution is 6.34. The van der Waals surface area contributed by atoms with Gasteiger partial charge in [-0.1, -0.05) is 24.6 Å². The van der Waals surface area contributed by atoms with Gasteiger partial charge in [-0.05, 0) is 30.0 Å². The van der Waals surface area contributed by atoms with Crippen LogP contribution in [0.1, 0.15) is 46.6 Å². The number of carbonyl (C=O) groups is 3. The number of nitrogens with zero attached hydrogens (tertiary/aromatic N) is 4. The molecule has 35 heavy (non-hydrogen) atoms. The minimum Gasteiger partial charge on any atom is -0.503 e. The van der Waals surface area contributed by atoms with E-state index in [0.717, 1.165) is 0 Å². The van der Waals surface area contributed by atoms with Gasteiger partial charge in [-0.15, -0.1) is 0 Å². The minimum absolute atomic E-state index is 0.0263. The number of aromatic hydroxyl groups is 1. The van der Waals surface area contributed by atoms with Crippen molar-refractivity contribution in [3.63, 3.8) is 0 Å². The fourth-order valence-electron chi connectivity index (χ4n) is 4.65. The fourth-order valence-corrected chi connectivity index (χ4v) is 4.85. The summed E-state index contributed by atoms with van der Waals surface area (Å²) in [6.45, 7) is 2.69. The van der Waals surface area contributed by atoms with Gasteiger partial charge >= 0.3 is 11.8 Å². The van der Waals surface area contributed by atoms with Gasteiger partial charge in [0.25, 0.3) is 5.91 Å². The lowest BCUT2D eigenvalue weighted by atomic mass is 9.95. The molecule has 0 saturated heterocycles. The van der Waals surface area contributed by atoms with E-state index in [2.05, 4.69) is 0 Å². The zero-order valence-electron chi connectivity index (χ0n) is 19.7. The van der Waals surface area contributed by atoms with Gasteiger partial charge in [-0.3, -0.25) is 19.2 Å². The Labute approximate surface area is 206 Å². The third-order valence-corrected chi connectivity index (χ3v) is 6.86. The lowest BCUT2D eigenvalue weighted by molar-refractivity contribution is -0.150. The van der Waals surface area contributed by atoms with Crippen LogP contribution in [0.15, 0.2) is 23.0 Å². The van der Waals surface area contributed by atoms with Crippen molar-refractivity contribution < 1.29 is 23.9 Å². The fraction of sp³-hybridized carbons (Fsp3) is 0.417. The second kappa shape index (κ2) is 9.33. The second-order valence-electron chi connectivity index (χ2n) is 9.13. The van der Waals surface area contributed by atoms with Crippen molar-refractivity contribution in [2.24, 2.45) is 0 Å². The molecule has 1 aromatic carbocycles. The van der Waals surface area contributed by atoms with E-state index < -0.39 is 34.7 Å². The summed E-state index contributed by atoms with van der Waals surface area (Å²) in [6, 6.07) is 4.15. The third-order valence-electron chi connectivity index (χ3n) is 6.57. The average molecular weight is 505 g/mol. The predicted octanol–water partition coefficient (Wildman–Crippen LogP) is 1.93. The monoisotopic (exact) mass is 504 g/mol. The maximum absolute atomic E-state index is 13.5. The normalized spacial score (nSPS) is 17.5. The van der Waals surface area contributed by atoms with E-state index in [1.807, 2.05) is 6.92 Å². The van der Waals surface area contributed by atoms with Gasteiger partial charge in [-0.2, -0.15) is 0 Å². The zero-order valence-corrected chi connectivity index (χ0v) is 20.4. The number of hydrogen-bond acceptors (Lipinski definition) is 5. The Morgan fingerprint density at radius 3 is 2.57 bits per heavy atom. The average Bonchev–Trinajstić information content (AvgIpc) is 2.99. The maximum atomic E-state index is 13.5. The quantitative estimate of drug-likeness (QED) is 0.629. The van der Waals surface area contributed by atoms with Crippen LogP contribution in [-0.2, 0) is 29.2 Å². The second-order valence-corrected chi connectivity index (χ2v) is 9.54. The number of likely N-dealkylation sites (N-methyl/N-ethyl adjacent to an activating group) is 1. The molecule has 0 aliphatic carbocycles. The summed E-state index contributed by atoms with van der Waals surface area (Å²) in [5.74, 6) is -3.43. The summed E-state index contributed by atoms with van der Waals surface area (Å²) in [7, 11) is 2.97. The Morgan fingerprint density at radius 1 is 1.20 bits per heavy atom. The summed E-state index contributed by atoms with van der Waals surface area (Å²) >= 11 is 5.86. The van der Waals surface area contributed by atoms with E-state index in [-0.39, 0.29) is 49.4 Å². The summed E-state index contributed by atoms with van der Waals surface area (Å²) < 4.78 is 15.1. The van der Waals surface area contributed by atoms with Gasteiger partial charge < -0.3 is 24.4 Å². The van der Waals surface area contributed by atoms with E-state index in [0.29, 0.717) is 23.2 Å². The number of halogens is 2.